The average molecular weight is 283 g/mol. The number of nitrogens with one attached hydrogen (secondary N) is 1. The average Bonchev–Trinajstić information content (AvgIpc) is 2.44. The normalized spacial score (nSPS) is 16.1. The van der Waals surface area contributed by atoms with Crippen molar-refractivity contribution in [3.8, 4) is 0 Å². The summed E-state index contributed by atoms with van der Waals surface area (Å²) in [5, 5.41) is 11.6. The van der Waals surface area contributed by atoms with Crippen molar-refractivity contribution in [3.63, 3.8) is 0 Å². The molecule has 5 heteroatoms. The van der Waals surface area contributed by atoms with E-state index < -0.39 is 23.2 Å². The second-order valence-electron chi connectivity index (χ2n) is 5.31. The minimum Gasteiger partial charge on any atom is -0.478 e. The molecule has 1 aromatic carbocycles. The van der Waals surface area contributed by atoms with Gasteiger partial charge in [-0.3, -0.25) is 0 Å². The van der Waals surface area contributed by atoms with Crippen LogP contribution in [-0.4, -0.2) is 17.6 Å². The highest BCUT2D eigenvalue weighted by Gasteiger charge is 2.18. The van der Waals surface area contributed by atoms with Gasteiger partial charge in [-0.15, -0.1) is 0 Å². The Morgan fingerprint density at radius 2 is 1.90 bits per heavy atom. The van der Waals surface area contributed by atoms with Crippen LogP contribution in [0.15, 0.2) is 12.1 Å². The number of rotatable bonds is 5. The molecule has 0 spiro atoms. The largest absolute Gasteiger partial charge is 0.478 e. The van der Waals surface area contributed by atoms with E-state index in [9.17, 15) is 13.6 Å². The predicted octanol–water partition coefficient (Wildman–Crippen LogP) is 4.05. The summed E-state index contributed by atoms with van der Waals surface area (Å²) in [6.07, 6.45) is 7.14. The second kappa shape index (κ2) is 6.68. The molecule has 0 unspecified atom stereocenters. The zero-order valence-electron chi connectivity index (χ0n) is 11.3. The molecule has 1 aromatic rings. The van der Waals surface area contributed by atoms with Crippen LogP contribution in [0.1, 0.15) is 48.9 Å². The molecule has 0 bridgehead atoms. The van der Waals surface area contributed by atoms with Crippen molar-refractivity contribution >= 4 is 11.7 Å². The molecule has 1 saturated carbocycles. The van der Waals surface area contributed by atoms with Crippen LogP contribution in [-0.2, 0) is 0 Å². The van der Waals surface area contributed by atoms with E-state index >= 15 is 0 Å². The number of aromatic carboxylic acids is 1. The van der Waals surface area contributed by atoms with E-state index in [1.54, 1.807) is 0 Å². The van der Waals surface area contributed by atoms with E-state index in [0.717, 1.165) is 12.5 Å². The molecule has 2 N–H and O–H groups in total. The van der Waals surface area contributed by atoms with E-state index in [1.807, 2.05) is 0 Å². The molecule has 3 nitrogen and oxygen atoms in total. The number of carbonyl (C=O) groups is 1. The zero-order valence-corrected chi connectivity index (χ0v) is 11.3. The SMILES string of the molecule is O=C(O)c1ccc(NCCC2CCCCC2)c(F)c1F. The third kappa shape index (κ3) is 3.46. The van der Waals surface area contributed by atoms with Crippen molar-refractivity contribution < 1.29 is 18.7 Å². The van der Waals surface area contributed by atoms with Gasteiger partial charge >= 0.3 is 5.97 Å². The summed E-state index contributed by atoms with van der Waals surface area (Å²) >= 11 is 0. The Hall–Kier alpha value is -1.65. The van der Waals surface area contributed by atoms with Gasteiger partial charge in [-0.1, -0.05) is 32.1 Å². The number of halogens is 2. The topological polar surface area (TPSA) is 49.3 Å². The quantitative estimate of drug-likeness (QED) is 0.857. The Labute approximate surface area is 117 Å². The van der Waals surface area contributed by atoms with Crippen LogP contribution in [0.5, 0.6) is 0 Å². The highest BCUT2D eigenvalue weighted by Crippen LogP contribution is 2.27. The molecular formula is C15H19F2NO2. The number of hydrogen-bond acceptors (Lipinski definition) is 2. The Balaban J connectivity index is 1.92. The lowest BCUT2D eigenvalue weighted by Crippen LogP contribution is -2.13. The molecule has 1 fully saturated rings. The molecular weight excluding hydrogens is 264 g/mol. The van der Waals surface area contributed by atoms with Gasteiger partial charge in [0.05, 0.1) is 11.3 Å². The molecule has 0 saturated heterocycles. The minimum absolute atomic E-state index is 0.0308. The van der Waals surface area contributed by atoms with Gasteiger partial charge in [-0.25, -0.2) is 13.6 Å². The van der Waals surface area contributed by atoms with Gasteiger partial charge in [0.1, 0.15) is 0 Å². The summed E-state index contributed by atoms with van der Waals surface area (Å²) in [7, 11) is 0. The van der Waals surface area contributed by atoms with Crippen LogP contribution in [0, 0.1) is 17.6 Å². The number of carboxylic acid groups (broad SMARTS) is 1. The maximum atomic E-state index is 13.7. The van der Waals surface area contributed by atoms with Crippen molar-refractivity contribution in [2.75, 3.05) is 11.9 Å². The van der Waals surface area contributed by atoms with Gasteiger partial charge in [0.25, 0.3) is 0 Å². The fourth-order valence-corrected chi connectivity index (χ4v) is 2.74. The van der Waals surface area contributed by atoms with Crippen LogP contribution in [0.2, 0.25) is 0 Å². The van der Waals surface area contributed by atoms with Crippen LogP contribution < -0.4 is 5.32 Å². The Bertz CT molecular complexity index is 485. The van der Waals surface area contributed by atoms with Gasteiger partial charge in [0, 0.05) is 6.54 Å². The molecule has 20 heavy (non-hydrogen) atoms. The molecule has 0 amide bonds. The Kier molecular flexibility index (Phi) is 4.93. The van der Waals surface area contributed by atoms with Crippen molar-refractivity contribution in [3.05, 3.63) is 29.3 Å². The predicted molar refractivity (Wildman–Crippen MR) is 73.0 cm³/mol. The lowest BCUT2D eigenvalue weighted by molar-refractivity contribution is 0.0690. The third-order valence-electron chi connectivity index (χ3n) is 3.91. The highest BCUT2D eigenvalue weighted by molar-refractivity contribution is 5.88. The van der Waals surface area contributed by atoms with E-state index in [0.29, 0.717) is 12.5 Å². The second-order valence-corrected chi connectivity index (χ2v) is 5.31. The summed E-state index contributed by atoms with van der Waals surface area (Å²) < 4.78 is 27.2. The molecule has 0 atom stereocenters. The summed E-state index contributed by atoms with van der Waals surface area (Å²) in [5.41, 5.74) is -0.608. The lowest BCUT2D eigenvalue weighted by atomic mass is 9.87. The van der Waals surface area contributed by atoms with Gasteiger partial charge in [-0.05, 0) is 24.5 Å². The molecule has 110 valence electrons. The maximum absolute atomic E-state index is 13.7. The number of anilines is 1. The summed E-state index contributed by atoms with van der Waals surface area (Å²) in [6, 6.07) is 2.37. The first-order chi connectivity index (χ1) is 9.59. The minimum atomic E-state index is -1.46. The Morgan fingerprint density at radius 3 is 2.55 bits per heavy atom. The number of benzene rings is 1. The first-order valence-electron chi connectivity index (χ1n) is 7.04. The first kappa shape index (κ1) is 14.8. The molecule has 0 radical (unpaired) electrons. The molecule has 0 heterocycles. The summed E-state index contributed by atoms with van der Waals surface area (Å²) in [5.74, 6) is -3.23. The molecule has 1 aliphatic rings. The maximum Gasteiger partial charge on any atom is 0.338 e. The fourth-order valence-electron chi connectivity index (χ4n) is 2.74. The third-order valence-corrected chi connectivity index (χ3v) is 3.91. The van der Waals surface area contributed by atoms with E-state index in [1.165, 1.54) is 38.2 Å². The van der Waals surface area contributed by atoms with Crippen molar-refractivity contribution in [2.45, 2.75) is 38.5 Å². The first-order valence-corrected chi connectivity index (χ1v) is 7.04. The monoisotopic (exact) mass is 283 g/mol. The number of carboxylic acids is 1. The van der Waals surface area contributed by atoms with E-state index in [2.05, 4.69) is 5.32 Å². The van der Waals surface area contributed by atoms with Crippen molar-refractivity contribution in [2.24, 2.45) is 5.92 Å². The molecule has 0 aromatic heterocycles. The van der Waals surface area contributed by atoms with Crippen LogP contribution >= 0.6 is 0 Å². The highest BCUT2D eigenvalue weighted by atomic mass is 19.2. The molecule has 2 rings (SSSR count). The van der Waals surface area contributed by atoms with Gasteiger partial charge < -0.3 is 10.4 Å². The van der Waals surface area contributed by atoms with Crippen LogP contribution in [0.25, 0.3) is 0 Å². The summed E-state index contributed by atoms with van der Waals surface area (Å²) in [6.45, 7) is 0.577. The standard InChI is InChI=1S/C15H19F2NO2/c16-13-11(15(19)20)6-7-12(14(13)17)18-9-8-10-4-2-1-3-5-10/h6-7,10,18H,1-5,8-9H2,(H,19,20). The fraction of sp³-hybridized carbons (Fsp3) is 0.533. The van der Waals surface area contributed by atoms with Gasteiger partial charge in [-0.2, -0.15) is 0 Å². The Morgan fingerprint density at radius 1 is 1.20 bits per heavy atom. The molecule has 0 aliphatic heterocycles. The van der Waals surface area contributed by atoms with Gasteiger partial charge in [0.2, 0.25) is 0 Å². The van der Waals surface area contributed by atoms with Crippen LogP contribution in [0.4, 0.5) is 14.5 Å². The van der Waals surface area contributed by atoms with E-state index in [-0.39, 0.29) is 5.69 Å². The van der Waals surface area contributed by atoms with Gasteiger partial charge in [0.15, 0.2) is 11.6 Å². The molecule has 1 aliphatic carbocycles. The van der Waals surface area contributed by atoms with E-state index in [4.69, 9.17) is 5.11 Å². The lowest BCUT2D eigenvalue weighted by Gasteiger charge is -2.21. The van der Waals surface area contributed by atoms with Crippen molar-refractivity contribution in [1.82, 2.24) is 0 Å². The van der Waals surface area contributed by atoms with Crippen LogP contribution in [0.3, 0.4) is 0 Å². The summed E-state index contributed by atoms with van der Waals surface area (Å²) in [4.78, 5) is 10.7. The zero-order chi connectivity index (χ0) is 14.5. The number of hydrogen-bond donors (Lipinski definition) is 2. The smallest absolute Gasteiger partial charge is 0.338 e. The van der Waals surface area contributed by atoms with Crippen molar-refractivity contribution in [1.29, 1.82) is 0 Å².